The maximum Gasteiger partial charge on any atom is 0.494 e. The summed E-state index contributed by atoms with van der Waals surface area (Å²) < 4.78 is 12.4. The zero-order chi connectivity index (χ0) is 21.2. The second-order valence-corrected chi connectivity index (χ2v) is 9.12. The van der Waals surface area contributed by atoms with Gasteiger partial charge in [0.25, 0.3) is 0 Å². The molecule has 2 unspecified atom stereocenters. The molecular formula is C23H36BNO4. The van der Waals surface area contributed by atoms with Crippen LogP contribution in [0.4, 0.5) is 0 Å². The van der Waals surface area contributed by atoms with Gasteiger partial charge < -0.3 is 19.3 Å². The van der Waals surface area contributed by atoms with Crippen LogP contribution in [0.25, 0.3) is 0 Å². The van der Waals surface area contributed by atoms with Gasteiger partial charge in [0, 0.05) is 6.54 Å². The van der Waals surface area contributed by atoms with E-state index >= 15 is 0 Å². The summed E-state index contributed by atoms with van der Waals surface area (Å²) in [5.74, 6) is -0.426. The van der Waals surface area contributed by atoms with Crippen molar-refractivity contribution >= 4 is 18.6 Å². The number of hydrogen-bond donors (Lipinski definition) is 1. The van der Waals surface area contributed by atoms with Crippen molar-refractivity contribution in [3.05, 3.63) is 29.3 Å². The van der Waals surface area contributed by atoms with Gasteiger partial charge in [-0.2, -0.15) is 0 Å². The molecule has 0 spiro atoms. The number of rotatable bonds is 7. The average molecular weight is 401 g/mol. The Morgan fingerprint density at radius 3 is 2.52 bits per heavy atom. The number of aliphatic carboxylic acids is 1. The molecule has 1 N–H and O–H groups in total. The highest BCUT2D eigenvalue weighted by atomic mass is 16.7. The van der Waals surface area contributed by atoms with Crippen molar-refractivity contribution in [1.29, 1.82) is 0 Å². The lowest BCUT2D eigenvalue weighted by atomic mass is 9.71. The van der Waals surface area contributed by atoms with Crippen LogP contribution in [0, 0.1) is 5.92 Å². The summed E-state index contributed by atoms with van der Waals surface area (Å²) in [6.07, 6.45) is 3.85. The second-order valence-electron chi connectivity index (χ2n) is 9.12. The summed E-state index contributed by atoms with van der Waals surface area (Å²) in [6.45, 7) is 13.0. The molecule has 3 rings (SSSR count). The fraction of sp³-hybridized carbons (Fsp3) is 0.696. The Morgan fingerprint density at radius 2 is 2.00 bits per heavy atom. The Hall–Kier alpha value is -1.37. The van der Waals surface area contributed by atoms with Gasteiger partial charge in [-0.25, -0.2) is 0 Å². The lowest BCUT2D eigenvalue weighted by molar-refractivity contribution is -0.142. The van der Waals surface area contributed by atoms with Gasteiger partial charge in [-0.05, 0) is 82.1 Å². The summed E-state index contributed by atoms with van der Waals surface area (Å²) in [5, 5.41) is 9.34. The van der Waals surface area contributed by atoms with Crippen LogP contribution in [0.3, 0.4) is 0 Å². The van der Waals surface area contributed by atoms with Gasteiger partial charge in [-0.1, -0.05) is 32.0 Å². The SMILES string of the molecule is CCc1c(B2OC(C)C(C)(C)O2)cccc1C1CCN(CC(CC)C(=O)O)CC1. The van der Waals surface area contributed by atoms with Crippen LogP contribution >= 0.6 is 0 Å². The third-order valence-electron chi connectivity index (χ3n) is 6.92. The third-order valence-corrected chi connectivity index (χ3v) is 6.92. The Balaban J connectivity index is 1.72. The molecule has 2 saturated heterocycles. The van der Waals surface area contributed by atoms with E-state index in [0.717, 1.165) is 32.4 Å². The second kappa shape index (κ2) is 9.19. The molecule has 0 aliphatic carbocycles. The molecule has 160 valence electrons. The van der Waals surface area contributed by atoms with Gasteiger partial charge in [0.15, 0.2) is 0 Å². The maximum absolute atomic E-state index is 11.4. The van der Waals surface area contributed by atoms with E-state index in [4.69, 9.17) is 9.31 Å². The molecule has 2 heterocycles. The highest BCUT2D eigenvalue weighted by Gasteiger charge is 2.44. The lowest BCUT2D eigenvalue weighted by Gasteiger charge is -2.34. The molecule has 0 saturated carbocycles. The van der Waals surface area contributed by atoms with E-state index in [1.54, 1.807) is 0 Å². The minimum atomic E-state index is -0.677. The number of hydrogen-bond acceptors (Lipinski definition) is 4. The largest absolute Gasteiger partial charge is 0.494 e. The highest BCUT2D eigenvalue weighted by Crippen LogP contribution is 2.32. The Kier molecular flexibility index (Phi) is 7.08. The predicted molar refractivity (Wildman–Crippen MR) is 117 cm³/mol. The molecule has 1 aromatic rings. The van der Waals surface area contributed by atoms with Crippen molar-refractivity contribution in [1.82, 2.24) is 4.90 Å². The molecule has 6 heteroatoms. The van der Waals surface area contributed by atoms with Gasteiger partial charge in [-0.3, -0.25) is 4.79 Å². The first-order chi connectivity index (χ1) is 13.8. The lowest BCUT2D eigenvalue weighted by Crippen LogP contribution is -2.40. The first kappa shape index (κ1) is 22.3. The normalized spacial score (nSPS) is 24.0. The zero-order valence-electron chi connectivity index (χ0n) is 18.6. The molecule has 2 aliphatic heterocycles. The van der Waals surface area contributed by atoms with E-state index in [0.29, 0.717) is 18.9 Å². The van der Waals surface area contributed by atoms with E-state index in [-0.39, 0.29) is 24.7 Å². The van der Waals surface area contributed by atoms with Gasteiger partial charge >= 0.3 is 13.1 Å². The molecule has 2 fully saturated rings. The van der Waals surface area contributed by atoms with E-state index in [1.807, 2.05) is 6.92 Å². The van der Waals surface area contributed by atoms with Crippen molar-refractivity contribution in [2.24, 2.45) is 5.92 Å². The standard InChI is InChI=1S/C23H36BNO4/c1-6-17(22(26)27)15-25-13-11-18(12-14-25)20-9-8-10-21(19(20)7-2)24-28-16(3)23(4,5)29-24/h8-10,16-18H,6-7,11-15H2,1-5H3,(H,26,27). The van der Waals surface area contributed by atoms with Crippen LogP contribution in [0.1, 0.15) is 70.9 Å². The first-order valence-electron chi connectivity index (χ1n) is 11.2. The van der Waals surface area contributed by atoms with Crippen LogP contribution in [0.2, 0.25) is 0 Å². The number of piperidine rings is 1. The van der Waals surface area contributed by atoms with Crippen LogP contribution in [-0.2, 0) is 20.5 Å². The summed E-state index contributed by atoms with van der Waals surface area (Å²) in [4.78, 5) is 13.7. The molecule has 1 aromatic carbocycles. The molecule has 5 nitrogen and oxygen atoms in total. The monoisotopic (exact) mass is 401 g/mol. The Morgan fingerprint density at radius 1 is 1.31 bits per heavy atom. The van der Waals surface area contributed by atoms with Crippen molar-refractivity contribution < 1.29 is 19.2 Å². The van der Waals surface area contributed by atoms with Crippen molar-refractivity contribution in [2.45, 2.75) is 77.9 Å². The quantitative estimate of drug-likeness (QED) is 0.710. The number of carbonyl (C=O) groups is 1. The third kappa shape index (κ3) is 4.87. The van der Waals surface area contributed by atoms with Crippen molar-refractivity contribution in [3.63, 3.8) is 0 Å². The van der Waals surface area contributed by atoms with Crippen molar-refractivity contribution in [3.8, 4) is 0 Å². The van der Waals surface area contributed by atoms with E-state index in [1.165, 1.54) is 16.6 Å². The molecule has 0 amide bonds. The number of carboxylic acid groups (broad SMARTS) is 1. The van der Waals surface area contributed by atoms with Gasteiger partial charge in [0.1, 0.15) is 0 Å². The predicted octanol–water partition coefficient (Wildman–Crippen LogP) is 3.45. The number of likely N-dealkylation sites (tertiary alicyclic amines) is 1. The van der Waals surface area contributed by atoms with E-state index in [9.17, 15) is 9.90 Å². The summed E-state index contributed by atoms with van der Waals surface area (Å²) in [6, 6.07) is 6.55. The molecule has 2 aliphatic rings. The zero-order valence-corrected chi connectivity index (χ0v) is 18.6. The number of carboxylic acids is 1. The first-order valence-corrected chi connectivity index (χ1v) is 11.2. The fourth-order valence-electron chi connectivity index (χ4n) is 4.64. The minimum absolute atomic E-state index is 0.0600. The molecule has 2 atom stereocenters. The average Bonchev–Trinajstić information content (AvgIpc) is 2.98. The summed E-state index contributed by atoms with van der Waals surface area (Å²) >= 11 is 0. The molecule has 0 aromatic heterocycles. The number of benzene rings is 1. The molecule has 0 bridgehead atoms. The van der Waals surface area contributed by atoms with Crippen LogP contribution in [0.15, 0.2) is 18.2 Å². The van der Waals surface area contributed by atoms with Crippen LogP contribution < -0.4 is 5.46 Å². The topological polar surface area (TPSA) is 59.0 Å². The summed E-state index contributed by atoms with van der Waals surface area (Å²) in [7, 11) is -0.295. The fourth-order valence-corrected chi connectivity index (χ4v) is 4.64. The van der Waals surface area contributed by atoms with Gasteiger partial charge in [-0.15, -0.1) is 0 Å². The van der Waals surface area contributed by atoms with Crippen LogP contribution in [0.5, 0.6) is 0 Å². The van der Waals surface area contributed by atoms with E-state index < -0.39 is 5.97 Å². The Bertz CT molecular complexity index is 715. The minimum Gasteiger partial charge on any atom is -0.481 e. The van der Waals surface area contributed by atoms with Gasteiger partial charge in [0.2, 0.25) is 0 Å². The van der Waals surface area contributed by atoms with Crippen LogP contribution in [-0.4, -0.2) is 54.4 Å². The number of nitrogens with zero attached hydrogens (tertiary/aromatic N) is 1. The molecular weight excluding hydrogens is 365 g/mol. The molecule has 29 heavy (non-hydrogen) atoms. The molecule has 0 radical (unpaired) electrons. The van der Waals surface area contributed by atoms with E-state index in [2.05, 4.69) is 50.8 Å². The van der Waals surface area contributed by atoms with Crippen molar-refractivity contribution in [2.75, 3.05) is 19.6 Å². The van der Waals surface area contributed by atoms with Gasteiger partial charge in [0.05, 0.1) is 17.6 Å². The maximum atomic E-state index is 11.4. The highest BCUT2D eigenvalue weighted by molar-refractivity contribution is 6.62. The smallest absolute Gasteiger partial charge is 0.481 e. The summed E-state index contributed by atoms with van der Waals surface area (Å²) in [5.41, 5.74) is 3.66. The Labute approximate surface area is 175 Å².